The molecule has 0 aromatic heterocycles. The van der Waals surface area contributed by atoms with Gasteiger partial charge in [0.15, 0.2) is 15.6 Å². The molecule has 2 unspecified atom stereocenters. The van der Waals surface area contributed by atoms with Gasteiger partial charge in [-0.3, -0.25) is 4.79 Å². The molecule has 3 aliphatic rings. The summed E-state index contributed by atoms with van der Waals surface area (Å²) in [4.78, 5) is 13.5. The van der Waals surface area contributed by atoms with Crippen molar-refractivity contribution in [1.29, 1.82) is 0 Å². The zero-order valence-corrected chi connectivity index (χ0v) is 18.8. The van der Waals surface area contributed by atoms with E-state index in [1.807, 2.05) is 6.92 Å². The summed E-state index contributed by atoms with van der Waals surface area (Å²) in [6.07, 6.45) is 5.75. The number of carbonyl (C=O) groups excluding carboxylic acids is 1. The van der Waals surface area contributed by atoms with Gasteiger partial charge in [0.1, 0.15) is 0 Å². The zero-order chi connectivity index (χ0) is 20.5. The number of hydrogen-bond donors (Lipinski definition) is 0. The molecule has 3 nitrogen and oxygen atoms in total. The van der Waals surface area contributed by atoms with Crippen molar-refractivity contribution >= 4 is 15.6 Å². The standard InChI is InChI=1S/C24H34O3S/c1-15-11-20-21(24(4,5)10-9-23(20,2)3)14-19(15)22(25)16-12-17-7-6-8-18(13-16)28(17,26)27/h11,14,16-18H,6-10,12-13H2,1-5H3. The minimum atomic E-state index is -3.02. The van der Waals surface area contributed by atoms with Crippen molar-refractivity contribution in [3.63, 3.8) is 0 Å². The van der Waals surface area contributed by atoms with Crippen LogP contribution in [-0.4, -0.2) is 24.7 Å². The summed E-state index contributed by atoms with van der Waals surface area (Å²) >= 11 is 0. The molecule has 1 aromatic rings. The van der Waals surface area contributed by atoms with Crippen LogP contribution in [0.3, 0.4) is 0 Å². The SMILES string of the molecule is Cc1cc2c(cc1C(=O)C1CC3CCCC(C1)S3(=O)=O)C(C)(C)CCC2(C)C. The average Bonchev–Trinajstić information content (AvgIpc) is 2.57. The van der Waals surface area contributed by atoms with E-state index >= 15 is 0 Å². The number of rotatable bonds is 2. The van der Waals surface area contributed by atoms with Gasteiger partial charge in [0.25, 0.3) is 0 Å². The second-order valence-electron chi connectivity index (χ2n) is 10.8. The first-order valence-corrected chi connectivity index (χ1v) is 12.5. The first kappa shape index (κ1) is 20.1. The van der Waals surface area contributed by atoms with E-state index in [2.05, 4.69) is 39.8 Å². The van der Waals surface area contributed by atoms with E-state index in [9.17, 15) is 13.2 Å². The van der Waals surface area contributed by atoms with E-state index in [4.69, 9.17) is 0 Å². The van der Waals surface area contributed by atoms with Crippen LogP contribution in [0.25, 0.3) is 0 Å². The van der Waals surface area contributed by atoms with Crippen LogP contribution in [0.2, 0.25) is 0 Å². The molecule has 2 fully saturated rings. The number of sulfone groups is 1. The number of hydrogen-bond acceptors (Lipinski definition) is 3. The lowest BCUT2D eigenvalue weighted by molar-refractivity contribution is 0.0893. The smallest absolute Gasteiger partial charge is 0.166 e. The Kier molecular flexibility index (Phi) is 4.61. The third kappa shape index (κ3) is 3.07. The minimum absolute atomic E-state index is 0.0694. The van der Waals surface area contributed by atoms with Gasteiger partial charge in [-0.1, -0.05) is 40.2 Å². The molecule has 0 N–H and O–H groups in total. The molecule has 0 amide bonds. The van der Waals surface area contributed by atoms with Crippen LogP contribution in [0.4, 0.5) is 0 Å². The molecule has 2 atom stereocenters. The monoisotopic (exact) mass is 402 g/mol. The molecule has 28 heavy (non-hydrogen) atoms. The van der Waals surface area contributed by atoms with Crippen LogP contribution < -0.4 is 0 Å². The van der Waals surface area contributed by atoms with Gasteiger partial charge in [-0.05, 0) is 79.0 Å². The summed E-state index contributed by atoms with van der Waals surface area (Å²) in [5, 5.41) is -0.607. The van der Waals surface area contributed by atoms with Gasteiger partial charge in [0, 0.05) is 11.5 Å². The van der Waals surface area contributed by atoms with E-state index in [0.717, 1.165) is 43.2 Å². The molecule has 4 heteroatoms. The number of carbonyl (C=O) groups is 1. The van der Waals surface area contributed by atoms with Crippen LogP contribution in [-0.2, 0) is 20.7 Å². The predicted molar refractivity (Wildman–Crippen MR) is 114 cm³/mol. The highest BCUT2D eigenvalue weighted by molar-refractivity contribution is 7.92. The van der Waals surface area contributed by atoms with Gasteiger partial charge in [0.05, 0.1) is 10.5 Å². The number of aryl methyl sites for hydroxylation is 1. The van der Waals surface area contributed by atoms with Crippen molar-refractivity contribution < 1.29 is 13.2 Å². The lowest BCUT2D eigenvalue weighted by Crippen LogP contribution is -2.45. The minimum Gasteiger partial charge on any atom is -0.294 e. The molecular weight excluding hydrogens is 368 g/mol. The number of benzene rings is 1. The Bertz CT molecular complexity index is 903. The Morgan fingerprint density at radius 1 is 0.929 bits per heavy atom. The van der Waals surface area contributed by atoms with Gasteiger partial charge < -0.3 is 0 Å². The van der Waals surface area contributed by atoms with Crippen LogP contribution in [0.15, 0.2) is 12.1 Å². The van der Waals surface area contributed by atoms with E-state index in [-0.39, 0.29) is 33.0 Å². The quantitative estimate of drug-likeness (QED) is 0.633. The van der Waals surface area contributed by atoms with Crippen LogP contribution in [0.5, 0.6) is 0 Å². The summed E-state index contributed by atoms with van der Waals surface area (Å²) in [6.45, 7) is 11.2. The molecule has 0 radical (unpaired) electrons. The molecule has 2 aliphatic heterocycles. The molecule has 2 bridgehead atoms. The van der Waals surface area contributed by atoms with Crippen molar-refractivity contribution in [3.05, 3.63) is 34.4 Å². The molecule has 1 aromatic carbocycles. The van der Waals surface area contributed by atoms with Crippen molar-refractivity contribution in [2.75, 3.05) is 0 Å². The first-order valence-electron chi connectivity index (χ1n) is 10.9. The normalized spacial score (nSPS) is 32.4. The topological polar surface area (TPSA) is 51.2 Å². The van der Waals surface area contributed by atoms with Gasteiger partial charge in [-0.25, -0.2) is 8.42 Å². The Hall–Kier alpha value is -1.16. The summed E-state index contributed by atoms with van der Waals surface area (Å²) in [5.74, 6) is 0.0292. The summed E-state index contributed by atoms with van der Waals surface area (Å²) in [7, 11) is -3.02. The zero-order valence-electron chi connectivity index (χ0n) is 18.0. The van der Waals surface area contributed by atoms with E-state index in [0.29, 0.717) is 12.8 Å². The number of fused-ring (bicyclic) bond motifs is 3. The Balaban J connectivity index is 1.72. The maximum absolute atomic E-state index is 13.5. The molecule has 2 heterocycles. The van der Waals surface area contributed by atoms with Gasteiger partial charge in [0.2, 0.25) is 0 Å². The van der Waals surface area contributed by atoms with Gasteiger partial charge >= 0.3 is 0 Å². The maximum Gasteiger partial charge on any atom is 0.166 e. The number of Topliss-reactive ketones (excluding diaryl/α,β-unsaturated/α-hetero) is 1. The van der Waals surface area contributed by atoms with Gasteiger partial charge in [-0.2, -0.15) is 0 Å². The Labute approximate surface area is 170 Å². The Morgan fingerprint density at radius 3 is 1.96 bits per heavy atom. The highest BCUT2D eigenvalue weighted by Gasteiger charge is 2.46. The van der Waals surface area contributed by atoms with Crippen LogP contribution in [0, 0.1) is 12.8 Å². The van der Waals surface area contributed by atoms with Crippen molar-refractivity contribution in [1.82, 2.24) is 0 Å². The molecule has 154 valence electrons. The maximum atomic E-state index is 13.5. The Morgan fingerprint density at radius 2 is 1.43 bits per heavy atom. The fourth-order valence-electron chi connectivity index (χ4n) is 5.83. The highest BCUT2D eigenvalue weighted by Crippen LogP contribution is 2.47. The fourth-order valence-corrected chi connectivity index (χ4v) is 8.37. The van der Waals surface area contributed by atoms with Crippen LogP contribution >= 0.6 is 0 Å². The molecule has 0 spiro atoms. The lowest BCUT2D eigenvalue weighted by atomic mass is 9.62. The van der Waals surface area contributed by atoms with Crippen molar-refractivity contribution in [2.45, 2.75) is 101 Å². The molecular formula is C24H34O3S. The lowest BCUT2D eigenvalue weighted by Gasteiger charge is -2.42. The van der Waals surface area contributed by atoms with Crippen LogP contribution in [0.1, 0.15) is 99.7 Å². The van der Waals surface area contributed by atoms with Crippen molar-refractivity contribution in [2.24, 2.45) is 5.92 Å². The van der Waals surface area contributed by atoms with E-state index < -0.39 is 9.84 Å². The summed E-state index contributed by atoms with van der Waals surface area (Å²) in [5.41, 5.74) is 4.76. The molecule has 2 saturated heterocycles. The molecule has 0 saturated carbocycles. The summed E-state index contributed by atoms with van der Waals surface area (Å²) < 4.78 is 25.2. The second-order valence-corrected chi connectivity index (χ2v) is 13.3. The molecule has 4 rings (SSSR count). The highest BCUT2D eigenvalue weighted by atomic mass is 32.2. The predicted octanol–water partition coefficient (Wildman–Crippen LogP) is 5.27. The average molecular weight is 403 g/mol. The van der Waals surface area contributed by atoms with Crippen molar-refractivity contribution in [3.8, 4) is 0 Å². The number of ketones is 1. The third-order valence-electron chi connectivity index (χ3n) is 7.91. The van der Waals surface area contributed by atoms with E-state index in [1.54, 1.807) is 0 Å². The third-order valence-corrected chi connectivity index (χ3v) is 10.6. The second kappa shape index (κ2) is 6.42. The van der Waals surface area contributed by atoms with E-state index in [1.165, 1.54) is 11.1 Å². The summed E-state index contributed by atoms with van der Waals surface area (Å²) in [6, 6.07) is 4.40. The largest absolute Gasteiger partial charge is 0.294 e. The first-order chi connectivity index (χ1) is 12.9. The van der Waals surface area contributed by atoms with Gasteiger partial charge in [-0.15, -0.1) is 0 Å². The fraction of sp³-hybridized carbons (Fsp3) is 0.708. The molecule has 1 aliphatic carbocycles.